The molecule has 1 aromatic heterocycles. The number of nitrogens with zero attached hydrogens (tertiary/aromatic N) is 3. The van der Waals surface area contributed by atoms with E-state index in [1.54, 1.807) is 19.9 Å². The predicted molar refractivity (Wildman–Crippen MR) is 117 cm³/mol. The average Bonchev–Trinajstić information content (AvgIpc) is 3.14. The van der Waals surface area contributed by atoms with Gasteiger partial charge in [-0.15, -0.1) is 0 Å². The first-order valence-corrected chi connectivity index (χ1v) is 9.54. The lowest BCUT2D eigenvalue weighted by Gasteiger charge is -2.16. The second-order valence-corrected chi connectivity index (χ2v) is 7.05. The van der Waals surface area contributed by atoms with E-state index in [2.05, 4.69) is 4.74 Å². The molecule has 0 unspecified atom stereocenters. The van der Waals surface area contributed by atoms with Crippen LogP contribution in [0.2, 0.25) is 0 Å². The molecule has 0 saturated heterocycles. The van der Waals surface area contributed by atoms with Gasteiger partial charge in [-0.25, -0.2) is 9.59 Å². The van der Waals surface area contributed by atoms with Gasteiger partial charge in [-0.05, 0) is 37.6 Å². The summed E-state index contributed by atoms with van der Waals surface area (Å²) < 4.78 is 10.8. The maximum absolute atomic E-state index is 12.6. The number of rotatable bonds is 6. The summed E-state index contributed by atoms with van der Waals surface area (Å²) in [5.74, 6) is -1.53. The summed E-state index contributed by atoms with van der Waals surface area (Å²) in [6.07, 6.45) is 0. The molecule has 0 aliphatic carbocycles. The summed E-state index contributed by atoms with van der Waals surface area (Å²) in [5, 5.41) is 23.4. The Labute approximate surface area is 187 Å². The SMILES string of the molecule is COC(=O)c1ccc(-n2c(C(=O)OC)cc(C)c2-c2cccc([N+](=O)[O-])c2C)c([N+](=O)[O-])c1. The van der Waals surface area contributed by atoms with Gasteiger partial charge in [0.25, 0.3) is 11.4 Å². The number of aromatic nitrogens is 1. The molecule has 11 nitrogen and oxygen atoms in total. The Morgan fingerprint density at radius 1 is 0.879 bits per heavy atom. The first kappa shape index (κ1) is 23.1. The zero-order valence-corrected chi connectivity index (χ0v) is 18.1. The lowest BCUT2D eigenvalue weighted by Crippen LogP contribution is -2.13. The molecule has 1 heterocycles. The molecule has 0 spiro atoms. The van der Waals surface area contributed by atoms with Crippen molar-refractivity contribution in [3.63, 3.8) is 0 Å². The highest BCUT2D eigenvalue weighted by atomic mass is 16.6. The number of nitro benzene ring substituents is 2. The zero-order valence-electron chi connectivity index (χ0n) is 18.1. The van der Waals surface area contributed by atoms with Crippen molar-refractivity contribution in [2.24, 2.45) is 0 Å². The standard InChI is InChI=1S/C22H19N3O8/c1-12-10-19(22(27)33-4)23(20(12)15-6-5-7-16(13(15)2)24(28)29)17-9-8-14(21(26)32-3)11-18(17)25(30)31/h5-11H,1-4H3. The number of benzene rings is 2. The highest BCUT2D eigenvalue weighted by Gasteiger charge is 2.29. The van der Waals surface area contributed by atoms with Crippen LogP contribution in [0.4, 0.5) is 11.4 Å². The smallest absolute Gasteiger partial charge is 0.355 e. The number of nitro groups is 2. The number of carbonyl (C=O) groups excluding carboxylic acids is 2. The van der Waals surface area contributed by atoms with Crippen molar-refractivity contribution >= 4 is 23.3 Å². The maximum atomic E-state index is 12.6. The monoisotopic (exact) mass is 453 g/mol. The second-order valence-electron chi connectivity index (χ2n) is 7.05. The highest BCUT2D eigenvalue weighted by Crippen LogP contribution is 2.38. The van der Waals surface area contributed by atoms with E-state index >= 15 is 0 Å². The van der Waals surface area contributed by atoms with Crippen LogP contribution in [0.1, 0.15) is 32.0 Å². The third-order valence-corrected chi connectivity index (χ3v) is 5.18. The summed E-state index contributed by atoms with van der Waals surface area (Å²) in [7, 11) is 2.32. The topological polar surface area (TPSA) is 144 Å². The largest absolute Gasteiger partial charge is 0.465 e. The fourth-order valence-electron chi connectivity index (χ4n) is 3.65. The van der Waals surface area contributed by atoms with Gasteiger partial charge in [-0.3, -0.25) is 24.8 Å². The Morgan fingerprint density at radius 3 is 2.09 bits per heavy atom. The molecular formula is C22H19N3O8. The van der Waals surface area contributed by atoms with Crippen molar-refractivity contribution in [1.82, 2.24) is 4.57 Å². The molecule has 0 amide bonds. The highest BCUT2D eigenvalue weighted by molar-refractivity contribution is 5.94. The van der Waals surface area contributed by atoms with Crippen molar-refractivity contribution in [3.8, 4) is 16.9 Å². The van der Waals surface area contributed by atoms with Crippen molar-refractivity contribution < 1.29 is 28.9 Å². The van der Waals surface area contributed by atoms with Crippen LogP contribution in [-0.4, -0.2) is 40.6 Å². The van der Waals surface area contributed by atoms with Gasteiger partial charge < -0.3 is 9.47 Å². The molecule has 0 radical (unpaired) electrons. The lowest BCUT2D eigenvalue weighted by molar-refractivity contribution is -0.385. The number of ether oxygens (including phenoxy) is 2. The van der Waals surface area contributed by atoms with E-state index in [1.165, 1.54) is 42.0 Å². The molecule has 3 aromatic rings. The van der Waals surface area contributed by atoms with Crippen LogP contribution < -0.4 is 0 Å². The molecular weight excluding hydrogens is 434 g/mol. The van der Waals surface area contributed by atoms with E-state index in [4.69, 9.17) is 4.74 Å². The first-order valence-electron chi connectivity index (χ1n) is 9.54. The van der Waals surface area contributed by atoms with Gasteiger partial charge in [0, 0.05) is 23.3 Å². The molecule has 3 rings (SSSR count). The Balaban J connectivity index is 2.44. The second kappa shape index (κ2) is 8.91. The molecule has 0 aliphatic rings. The van der Waals surface area contributed by atoms with Crippen LogP contribution in [0.3, 0.4) is 0 Å². The number of methoxy groups -OCH3 is 2. The molecule has 170 valence electrons. The molecule has 2 aromatic carbocycles. The van der Waals surface area contributed by atoms with Gasteiger partial charge in [-0.2, -0.15) is 0 Å². The van der Waals surface area contributed by atoms with E-state index < -0.39 is 27.5 Å². The Kier molecular flexibility index (Phi) is 6.24. The van der Waals surface area contributed by atoms with E-state index in [1.807, 2.05) is 0 Å². The molecule has 0 saturated carbocycles. The molecule has 0 aliphatic heterocycles. The molecule has 0 N–H and O–H groups in total. The Morgan fingerprint density at radius 2 is 1.52 bits per heavy atom. The van der Waals surface area contributed by atoms with Crippen LogP contribution in [0, 0.1) is 34.1 Å². The molecule has 11 heteroatoms. The summed E-state index contributed by atoms with van der Waals surface area (Å²) in [4.78, 5) is 46.6. The van der Waals surface area contributed by atoms with Crippen molar-refractivity contribution in [1.29, 1.82) is 0 Å². The van der Waals surface area contributed by atoms with Crippen LogP contribution >= 0.6 is 0 Å². The summed E-state index contributed by atoms with van der Waals surface area (Å²) in [5.41, 5.74) is 0.878. The normalized spacial score (nSPS) is 10.5. The summed E-state index contributed by atoms with van der Waals surface area (Å²) in [6, 6.07) is 9.62. The van der Waals surface area contributed by atoms with Crippen molar-refractivity contribution in [2.75, 3.05) is 14.2 Å². The van der Waals surface area contributed by atoms with Gasteiger partial charge in [0.05, 0.1) is 35.3 Å². The van der Waals surface area contributed by atoms with Crippen LogP contribution in [-0.2, 0) is 9.47 Å². The number of hydrogen-bond donors (Lipinski definition) is 0. The maximum Gasteiger partial charge on any atom is 0.355 e. The predicted octanol–water partition coefficient (Wildman–Crippen LogP) is 4.15. The minimum absolute atomic E-state index is 0.0233. The fourth-order valence-corrected chi connectivity index (χ4v) is 3.65. The molecule has 0 bridgehead atoms. The van der Waals surface area contributed by atoms with E-state index in [9.17, 15) is 29.8 Å². The van der Waals surface area contributed by atoms with E-state index in [0.29, 0.717) is 22.4 Å². The molecule has 0 atom stereocenters. The fraction of sp³-hybridized carbons (Fsp3) is 0.182. The van der Waals surface area contributed by atoms with Crippen LogP contribution in [0.25, 0.3) is 16.9 Å². The quantitative estimate of drug-likeness (QED) is 0.307. The Hall–Kier alpha value is -4.54. The third-order valence-electron chi connectivity index (χ3n) is 5.18. The number of hydrogen-bond acceptors (Lipinski definition) is 8. The Bertz CT molecular complexity index is 1310. The number of aryl methyl sites for hydroxylation is 1. The average molecular weight is 453 g/mol. The molecule has 33 heavy (non-hydrogen) atoms. The summed E-state index contributed by atoms with van der Waals surface area (Å²) in [6.45, 7) is 3.22. The number of esters is 2. The summed E-state index contributed by atoms with van der Waals surface area (Å²) >= 11 is 0. The van der Waals surface area contributed by atoms with Crippen molar-refractivity contribution in [2.45, 2.75) is 13.8 Å². The first-order chi connectivity index (χ1) is 15.6. The van der Waals surface area contributed by atoms with Gasteiger partial charge >= 0.3 is 11.9 Å². The minimum atomic E-state index is -0.767. The molecule has 0 fully saturated rings. The van der Waals surface area contributed by atoms with Gasteiger partial charge in [0.1, 0.15) is 11.4 Å². The van der Waals surface area contributed by atoms with Gasteiger partial charge in [-0.1, -0.05) is 12.1 Å². The van der Waals surface area contributed by atoms with Gasteiger partial charge in [0.2, 0.25) is 0 Å². The van der Waals surface area contributed by atoms with Crippen molar-refractivity contribution in [3.05, 3.63) is 85.1 Å². The number of carbonyl (C=O) groups is 2. The van der Waals surface area contributed by atoms with E-state index in [0.717, 1.165) is 13.2 Å². The van der Waals surface area contributed by atoms with Crippen LogP contribution in [0.15, 0.2) is 42.5 Å². The van der Waals surface area contributed by atoms with E-state index in [-0.39, 0.29) is 22.6 Å². The third kappa shape index (κ3) is 4.03. The van der Waals surface area contributed by atoms with Crippen LogP contribution in [0.5, 0.6) is 0 Å². The van der Waals surface area contributed by atoms with Gasteiger partial charge in [0.15, 0.2) is 0 Å². The lowest BCUT2D eigenvalue weighted by atomic mass is 10.0. The zero-order chi connectivity index (χ0) is 24.4. The minimum Gasteiger partial charge on any atom is -0.465 e.